The van der Waals surface area contributed by atoms with Crippen LogP contribution in [0.25, 0.3) is 0 Å². The zero-order valence-electron chi connectivity index (χ0n) is 12.1. The highest BCUT2D eigenvalue weighted by atomic mass is 35.5. The van der Waals surface area contributed by atoms with E-state index in [2.05, 4.69) is 4.99 Å². The molecule has 120 valence electrons. The summed E-state index contributed by atoms with van der Waals surface area (Å²) in [6.45, 7) is 0.106. The number of hydrogen-bond donors (Lipinski definition) is 2. The highest BCUT2D eigenvalue weighted by Crippen LogP contribution is 2.32. The van der Waals surface area contributed by atoms with Crippen molar-refractivity contribution in [1.29, 1.82) is 0 Å². The van der Waals surface area contributed by atoms with Crippen LogP contribution in [0.5, 0.6) is 5.75 Å². The summed E-state index contributed by atoms with van der Waals surface area (Å²) in [5.74, 6) is -0.499. The van der Waals surface area contributed by atoms with Crippen LogP contribution in [-0.2, 0) is 6.42 Å². The maximum Gasteiger partial charge on any atom is 0.312 e. The van der Waals surface area contributed by atoms with Crippen LogP contribution in [-0.4, -0.2) is 34.0 Å². The van der Waals surface area contributed by atoms with Gasteiger partial charge in [-0.15, -0.1) is 0 Å². The number of rotatable bonds is 6. The van der Waals surface area contributed by atoms with Crippen molar-refractivity contribution in [3.63, 3.8) is 0 Å². The normalized spacial score (nSPS) is 12.4. The van der Waals surface area contributed by atoms with Crippen molar-refractivity contribution in [3.8, 4) is 5.75 Å². The monoisotopic (exact) mass is 334 g/mol. The van der Waals surface area contributed by atoms with Gasteiger partial charge in [-0.1, -0.05) is 41.9 Å². The fourth-order valence-corrected chi connectivity index (χ4v) is 2.29. The van der Waals surface area contributed by atoms with Gasteiger partial charge in [0.15, 0.2) is 0 Å². The van der Waals surface area contributed by atoms with Crippen LogP contribution in [0.4, 0.5) is 5.69 Å². The Morgan fingerprint density at radius 2 is 2.00 bits per heavy atom. The molecule has 0 aliphatic heterocycles. The molecule has 0 aliphatic rings. The van der Waals surface area contributed by atoms with Crippen LogP contribution in [0.1, 0.15) is 11.1 Å². The third kappa shape index (κ3) is 4.77. The number of nitro groups is 1. The van der Waals surface area contributed by atoms with Gasteiger partial charge in [0.25, 0.3) is 0 Å². The number of phenolic OH excluding ortho intramolecular Hbond substituents is 1. The zero-order chi connectivity index (χ0) is 16.8. The molecule has 0 aromatic heterocycles. The van der Waals surface area contributed by atoms with Gasteiger partial charge in [-0.3, -0.25) is 15.1 Å². The first-order valence-corrected chi connectivity index (χ1v) is 7.24. The number of aliphatic hydroxyl groups excluding tert-OH is 1. The van der Waals surface area contributed by atoms with Gasteiger partial charge in [-0.2, -0.15) is 0 Å². The molecule has 0 radical (unpaired) electrons. The summed E-state index contributed by atoms with van der Waals surface area (Å²) in [5, 5.41) is 30.7. The van der Waals surface area contributed by atoms with Crippen molar-refractivity contribution >= 4 is 23.5 Å². The number of nitro benzene ring substituents is 1. The molecule has 1 unspecified atom stereocenters. The second-order valence-corrected chi connectivity index (χ2v) is 5.39. The predicted octanol–water partition coefficient (Wildman–Crippen LogP) is 2.98. The molecule has 2 aromatic rings. The van der Waals surface area contributed by atoms with E-state index in [-0.39, 0.29) is 17.1 Å². The summed E-state index contributed by atoms with van der Waals surface area (Å²) in [5.41, 5.74) is 0.635. The van der Waals surface area contributed by atoms with E-state index in [4.69, 9.17) is 11.6 Å². The minimum absolute atomic E-state index is 0.106. The Bertz CT molecular complexity index is 720. The van der Waals surface area contributed by atoms with Crippen LogP contribution in [0.2, 0.25) is 5.02 Å². The molecule has 1 atom stereocenters. The smallest absolute Gasteiger partial charge is 0.312 e. The van der Waals surface area contributed by atoms with Crippen molar-refractivity contribution in [2.24, 2.45) is 4.99 Å². The lowest BCUT2D eigenvalue weighted by atomic mass is 10.1. The molecular formula is C16H15ClN2O4. The highest BCUT2D eigenvalue weighted by molar-refractivity contribution is 6.31. The Kier molecular flexibility index (Phi) is 5.67. The van der Waals surface area contributed by atoms with Crippen LogP contribution >= 0.6 is 11.6 Å². The van der Waals surface area contributed by atoms with Gasteiger partial charge in [0, 0.05) is 29.3 Å². The summed E-state index contributed by atoms with van der Waals surface area (Å²) < 4.78 is 0. The fraction of sp³-hybridized carbons (Fsp3) is 0.188. The van der Waals surface area contributed by atoms with E-state index in [1.165, 1.54) is 12.3 Å². The number of phenols is 1. The number of benzene rings is 2. The largest absolute Gasteiger partial charge is 0.502 e. The SMILES string of the molecule is O=[N+]([O-])c1cc(Cl)cc(C=NCC(O)Cc2ccccc2)c1O. The van der Waals surface area contributed by atoms with Gasteiger partial charge < -0.3 is 10.2 Å². The van der Waals surface area contributed by atoms with Crippen LogP contribution in [0, 0.1) is 10.1 Å². The Morgan fingerprint density at radius 3 is 2.65 bits per heavy atom. The number of aliphatic hydroxyl groups is 1. The van der Waals surface area contributed by atoms with Crippen molar-refractivity contribution in [2.45, 2.75) is 12.5 Å². The molecule has 2 aromatic carbocycles. The molecule has 0 aliphatic carbocycles. The Balaban J connectivity index is 2.04. The van der Waals surface area contributed by atoms with Gasteiger partial charge in [-0.25, -0.2) is 0 Å². The maximum absolute atomic E-state index is 10.8. The zero-order valence-corrected chi connectivity index (χ0v) is 12.8. The number of aliphatic imine (C=N–C) groups is 1. The van der Waals surface area contributed by atoms with Crippen molar-refractivity contribution in [1.82, 2.24) is 0 Å². The van der Waals surface area contributed by atoms with Crippen molar-refractivity contribution in [3.05, 3.63) is 68.7 Å². The first-order valence-electron chi connectivity index (χ1n) is 6.86. The lowest BCUT2D eigenvalue weighted by molar-refractivity contribution is -0.385. The topological polar surface area (TPSA) is 96.0 Å². The molecule has 6 nitrogen and oxygen atoms in total. The Labute approximate surface area is 137 Å². The molecule has 2 rings (SSSR count). The minimum atomic E-state index is -0.719. The van der Waals surface area contributed by atoms with Gasteiger partial charge in [0.1, 0.15) is 0 Å². The van der Waals surface area contributed by atoms with Gasteiger partial charge >= 0.3 is 5.69 Å². The lowest BCUT2D eigenvalue weighted by Gasteiger charge is -2.07. The highest BCUT2D eigenvalue weighted by Gasteiger charge is 2.17. The number of nitrogens with zero attached hydrogens (tertiary/aromatic N) is 2. The summed E-state index contributed by atoms with van der Waals surface area (Å²) in [6, 6.07) is 11.9. The quantitative estimate of drug-likeness (QED) is 0.482. The number of halogens is 1. The fourth-order valence-electron chi connectivity index (χ4n) is 2.07. The van der Waals surface area contributed by atoms with Gasteiger partial charge in [-0.05, 0) is 11.6 Å². The first kappa shape index (κ1) is 16.9. The molecule has 0 spiro atoms. The third-order valence-electron chi connectivity index (χ3n) is 3.14. The molecule has 0 saturated carbocycles. The van der Waals surface area contributed by atoms with E-state index in [0.29, 0.717) is 6.42 Å². The second-order valence-electron chi connectivity index (χ2n) is 4.96. The molecule has 2 N–H and O–H groups in total. The van der Waals surface area contributed by atoms with E-state index in [9.17, 15) is 20.3 Å². The average molecular weight is 335 g/mol. The lowest BCUT2D eigenvalue weighted by Crippen LogP contribution is -2.14. The third-order valence-corrected chi connectivity index (χ3v) is 3.36. The molecule has 0 amide bonds. The van der Waals surface area contributed by atoms with E-state index in [1.54, 1.807) is 0 Å². The Morgan fingerprint density at radius 1 is 1.30 bits per heavy atom. The van der Waals surface area contributed by atoms with E-state index in [1.807, 2.05) is 30.3 Å². The van der Waals surface area contributed by atoms with Crippen LogP contribution in [0.15, 0.2) is 47.5 Å². The summed E-state index contributed by atoms with van der Waals surface area (Å²) in [6.07, 6.45) is 1.02. The van der Waals surface area contributed by atoms with Gasteiger partial charge in [0.05, 0.1) is 17.6 Å². The van der Waals surface area contributed by atoms with E-state index >= 15 is 0 Å². The average Bonchev–Trinajstić information content (AvgIpc) is 2.51. The van der Waals surface area contributed by atoms with Crippen molar-refractivity contribution in [2.75, 3.05) is 6.54 Å². The summed E-state index contributed by atoms with van der Waals surface area (Å²) in [4.78, 5) is 14.1. The standard InChI is InChI=1S/C16H15ClN2O4/c17-13-7-12(16(21)15(8-13)19(22)23)9-18-10-14(20)6-11-4-2-1-3-5-11/h1-5,7-9,14,20-21H,6,10H2. The summed E-state index contributed by atoms with van der Waals surface area (Å²) >= 11 is 5.79. The van der Waals surface area contributed by atoms with Crippen molar-refractivity contribution < 1.29 is 15.1 Å². The van der Waals surface area contributed by atoms with Gasteiger partial charge in [0.2, 0.25) is 5.75 Å². The molecule has 0 bridgehead atoms. The molecule has 0 heterocycles. The van der Waals surface area contributed by atoms with Crippen LogP contribution < -0.4 is 0 Å². The molecule has 0 saturated heterocycles. The molecule has 0 fully saturated rings. The minimum Gasteiger partial charge on any atom is -0.502 e. The van der Waals surface area contributed by atoms with E-state index < -0.39 is 22.5 Å². The van der Waals surface area contributed by atoms with E-state index in [0.717, 1.165) is 11.6 Å². The number of aromatic hydroxyl groups is 1. The second kappa shape index (κ2) is 7.71. The number of hydrogen-bond acceptors (Lipinski definition) is 5. The predicted molar refractivity (Wildman–Crippen MR) is 88.4 cm³/mol. The molecule has 7 heteroatoms. The summed E-state index contributed by atoms with van der Waals surface area (Å²) in [7, 11) is 0. The maximum atomic E-state index is 10.8. The molecule has 23 heavy (non-hydrogen) atoms. The van der Waals surface area contributed by atoms with Crippen LogP contribution in [0.3, 0.4) is 0 Å². The Hall–Kier alpha value is -2.44. The first-order chi connectivity index (χ1) is 11.0. The molecular weight excluding hydrogens is 320 g/mol.